The molecule has 0 bridgehead atoms. The van der Waals surface area contributed by atoms with Gasteiger partial charge in [0.05, 0.1) is 12.6 Å². The monoisotopic (exact) mass is 201 g/mol. The van der Waals surface area contributed by atoms with E-state index in [0.717, 1.165) is 13.1 Å². The molecule has 1 aliphatic heterocycles. The van der Waals surface area contributed by atoms with E-state index >= 15 is 0 Å². The fourth-order valence-electron chi connectivity index (χ4n) is 1.47. The molecule has 82 valence electrons. The Morgan fingerprint density at radius 1 is 1.64 bits per heavy atom. The number of carbonyl (C=O) groups is 1. The molecule has 0 radical (unpaired) electrons. The summed E-state index contributed by atoms with van der Waals surface area (Å²) in [6.45, 7) is 2.83. The predicted octanol–water partition coefficient (Wildman–Crippen LogP) is -1.27. The second kappa shape index (κ2) is 5.29. The summed E-state index contributed by atoms with van der Waals surface area (Å²) in [6, 6.07) is 0.0520. The number of ether oxygens (including phenoxy) is 1. The SMILES string of the molecule is CN(C)CCN1C(=O)COCC1CN. The van der Waals surface area contributed by atoms with Gasteiger partial charge in [-0.3, -0.25) is 4.79 Å². The zero-order valence-electron chi connectivity index (χ0n) is 8.90. The Kier molecular flexibility index (Phi) is 4.31. The molecular weight excluding hydrogens is 182 g/mol. The Bertz CT molecular complexity index is 196. The molecule has 1 amide bonds. The molecule has 5 heteroatoms. The van der Waals surface area contributed by atoms with Gasteiger partial charge in [-0.1, -0.05) is 0 Å². The number of carbonyl (C=O) groups excluding carboxylic acids is 1. The predicted molar refractivity (Wildman–Crippen MR) is 53.9 cm³/mol. The molecule has 0 saturated carbocycles. The maximum absolute atomic E-state index is 11.5. The van der Waals surface area contributed by atoms with Crippen LogP contribution in [0.2, 0.25) is 0 Å². The highest BCUT2D eigenvalue weighted by Gasteiger charge is 2.27. The Balaban J connectivity index is 2.46. The van der Waals surface area contributed by atoms with Gasteiger partial charge in [0.1, 0.15) is 6.61 Å². The first-order chi connectivity index (χ1) is 6.65. The quantitative estimate of drug-likeness (QED) is 0.616. The number of rotatable bonds is 4. The second-order valence-electron chi connectivity index (χ2n) is 3.80. The first-order valence-corrected chi connectivity index (χ1v) is 4.87. The number of nitrogens with zero attached hydrogens (tertiary/aromatic N) is 2. The molecule has 0 aliphatic carbocycles. The minimum atomic E-state index is 0.0496. The van der Waals surface area contributed by atoms with Crippen molar-refractivity contribution >= 4 is 5.91 Å². The van der Waals surface area contributed by atoms with Gasteiger partial charge < -0.3 is 20.3 Å². The highest BCUT2D eigenvalue weighted by molar-refractivity contribution is 5.78. The van der Waals surface area contributed by atoms with Crippen molar-refractivity contribution in [2.24, 2.45) is 5.73 Å². The summed E-state index contributed by atoms with van der Waals surface area (Å²) in [5.74, 6) is 0.0496. The van der Waals surface area contributed by atoms with E-state index in [0.29, 0.717) is 13.2 Å². The molecule has 1 rings (SSSR count). The van der Waals surface area contributed by atoms with E-state index in [2.05, 4.69) is 4.90 Å². The minimum absolute atomic E-state index is 0.0496. The smallest absolute Gasteiger partial charge is 0.248 e. The normalized spacial score (nSPS) is 23.3. The van der Waals surface area contributed by atoms with E-state index < -0.39 is 0 Å². The largest absolute Gasteiger partial charge is 0.369 e. The molecule has 0 spiro atoms. The average molecular weight is 201 g/mol. The molecule has 1 unspecified atom stereocenters. The third-order valence-corrected chi connectivity index (χ3v) is 2.36. The summed E-state index contributed by atoms with van der Waals surface area (Å²) < 4.78 is 5.14. The molecular formula is C9H19N3O2. The van der Waals surface area contributed by atoms with Crippen LogP contribution >= 0.6 is 0 Å². The Labute approximate surface area is 84.8 Å². The lowest BCUT2D eigenvalue weighted by Gasteiger charge is -2.35. The highest BCUT2D eigenvalue weighted by atomic mass is 16.5. The fourth-order valence-corrected chi connectivity index (χ4v) is 1.47. The molecule has 0 aromatic heterocycles. The summed E-state index contributed by atoms with van der Waals surface area (Å²) in [6.07, 6.45) is 0. The van der Waals surface area contributed by atoms with Crippen LogP contribution in [0, 0.1) is 0 Å². The second-order valence-corrected chi connectivity index (χ2v) is 3.80. The molecule has 0 aromatic rings. The summed E-state index contributed by atoms with van der Waals surface area (Å²) in [5, 5.41) is 0. The summed E-state index contributed by atoms with van der Waals surface area (Å²) in [4.78, 5) is 15.4. The van der Waals surface area contributed by atoms with E-state index in [-0.39, 0.29) is 18.6 Å². The Morgan fingerprint density at radius 3 is 2.93 bits per heavy atom. The van der Waals surface area contributed by atoms with Gasteiger partial charge in [0, 0.05) is 19.6 Å². The van der Waals surface area contributed by atoms with E-state index in [1.807, 2.05) is 19.0 Å². The van der Waals surface area contributed by atoms with Crippen molar-refractivity contribution in [1.82, 2.24) is 9.80 Å². The van der Waals surface area contributed by atoms with Crippen LogP contribution in [-0.2, 0) is 9.53 Å². The van der Waals surface area contributed by atoms with Crippen molar-refractivity contribution in [2.45, 2.75) is 6.04 Å². The van der Waals surface area contributed by atoms with Gasteiger partial charge in [-0.15, -0.1) is 0 Å². The van der Waals surface area contributed by atoms with Gasteiger partial charge in [-0.2, -0.15) is 0 Å². The molecule has 5 nitrogen and oxygen atoms in total. The lowest BCUT2D eigenvalue weighted by molar-refractivity contribution is -0.147. The summed E-state index contributed by atoms with van der Waals surface area (Å²) >= 11 is 0. The number of hydrogen-bond donors (Lipinski definition) is 1. The van der Waals surface area contributed by atoms with Crippen LogP contribution in [0.15, 0.2) is 0 Å². The van der Waals surface area contributed by atoms with Gasteiger partial charge in [0.15, 0.2) is 0 Å². The van der Waals surface area contributed by atoms with Crippen molar-refractivity contribution < 1.29 is 9.53 Å². The van der Waals surface area contributed by atoms with Gasteiger partial charge in [0.2, 0.25) is 5.91 Å². The zero-order chi connectivity index (χ0) is 10.6. The molecule has 1 heterocycles. The van der Waals surface area contributed by atoms with Crippen molar-refractivity contribution in [3.05, 3.63) is 0 Å². The van der Waals surface area contributed by atoms with Gasteiger partial charge in [0.25, 0.3) is 0 Å². The van der Waals surface area contributed by atoms with Crippen LogP contribution in [-0.4, -0.2) is 68.7 Å². The molecule has 1 fully saturated rings. The molecule has 1 atom stereocenters. The van der Waals surface area contributed by atoms with Gasteiger partial charge in [-0.05, 0) is 14.1 Å². The van der Waals surface area contributed by atoms with Crippen LogP contribution < -0.4 is 5.73 Å². The highest BCUT2D eigenvalue weighted by Crippen LogP contribution is 2.06. The number of likely N-dealkylation sites (N-methyl/N-ethyl adjacent to an activating group) is 1. The van der Waals surface area contributed by atoms with Gasteiger partial charge in [-0.25, -0.2) is 0 Å². The van der Waals surface area contributed by atoms with E-state index in [9.17, 15) is 4.79 Å². The standard InChI is InChI=1S/C9H19N3O2/c1-11(2)3-4-12-8(5-10)6-14-7-9(12)13/h8H,3-7,10H2,1-2H3. The lowest BCUT2D eigenvalue weighted by atomic mass is 10.2. The maximum atomic E-state index is 11.5. The molecule has 14 heavy (non-hydrogen) atoms. The van der Waals surface area contributed by atoms with Crippen molar-refractivity contribution in [3.8, 4) is 0 Å². The number of nitrogens with two attached hydrogens (primary N) is 1. The molecule has 1 aliphatic rings. The van der Waals surface area contributed by atoms with Crippen molar-refractivity contribution in [3.63, 3.8) is 0 Å². The Morgan fingerprint density at radius 2 is 2.36 bits per heavy atom. The van der Waals surface area contributed by atoms with Crippen LogP contribution in [0.1, 0.15) is 0 Å². The lowest BCUT2D eigenvalue weighted by Crippen LogP contribution is -2.54. The zero-order valence-corrected chi connectivity index (χ0v) is 8.90. The van der Waals surface area contributed by atoms with Gasteiger partial charge >= 0.3 is 0 Å². The Hall–Kier alpha value is -0.650. The first kappa shape index (κ1) is 11.4. The van der Waals surface area contributed by atoms with Crippen LogP contribution in [0.25, 0.3) is 0 Å². The van der Waals surface area contributed by atoms with E-state index in [4.69, 9.17) is 10.5 Å². The van der Waals surface area contributed by atoms with Crippen LogP contribution in [0.4, 0.5) is 0 Å². The van der Waals surface area contributed by atoms with Crippen LogP contribution in [0.5, 0.6) is 0 Å². The molecule has 0 aromatic carbocycles. The number of amides is 1. The van der Waals surface area contributed by atoms with E-state index in [1.54, 1.807) is 0 Å². The summed E-state index contributed by atoms with van der Waals surface area (Å²) in [7, 11) is 3.98. The fraction of sp³-hybridized carbons (Fsp3) is 0.889. The van der Waals surface area contributed by atoms with Crippen LogP contribution in [0.3, 0.4) is 0 Å². The molecule has 1 saturated heterocycles. The third-order valence-electron chi connectivity index (χ3n) is 2.36. The van der Waals surface area contributed by atoms with Crippen molar-refractivity contribution in [2.75, 3.05) is 46.9 Å². The van der Waals surface area contributed by atoms with Crippen molar-refractivity contribution in [1.29, 1.82) is 0 Å². The van der Waals surface area contributed by atoms with E-state index in [1.165, 1.54) is 0 Å². The summed E-state index contributed by atoms with van der Waals surface area (Å²) in [5.41, 5.74) is 5.57. The number of hydrogen-bond acceptors (Lipinski definition) is 4. The first-order valence-electron chi connectivity index (χ1n) is 4.87. The average Bonchev–Trinajstić information content (AvgIpc) is 2.15. The third kappa shape index (κ3) is 2.94. The topological polar surface area (TPSA) is 58.8 Å². The number of morpholine rings is 1. The minimum Gasteiger partial charge on any atom is -0.369 e. The maximum Gasteiger partial charge on any atom is 0.248 e. The molecule has 2 N–H and O–H groups in total.